The summed E-state index contributed by atoms with van der Waals surface area (Å²) in [4.78, 5) is 11.3. The second-order valence-electron chi connectivity index (χ2n) is 4.87. The zero-order valence-electron chi connectivity index (χ0n) is 12.2. The number of esters is 1. The minimum absolute atomic E-state index is 0.0997. The Hall–Kier alpha value is -2.79. The Balaban J connectivity index is 2.12. The number of aromatic nitrogens is 2. The topological polar surface area (TPSA) is 64.3 Å². The highest BCUT2D eigenvalue weighted by molar-refractivity contribution is 6.30. The summed E-state index contributed by atoms with van der Waals surface area (Å²) in [6.45, 7) is 1.32. The molecule has 0 bridgehead atoms. The lowest BCUT2D eigenvalue weighted by atomic mass is 10.1. The number of carbonyl (C=O) groups is 1. The van der Waals surface area contributed by atoms with Crippen molar-refractivity contribution < 1.29 is 14.6 Å². The summed E-state index contributed by atoms with van der Waals surface area (Å²) in [5.74, 6) is -0.0929. The molecule has 0 atom stereocenters. The number of nitrogens with zero attached hydrogens (tertiary/aromatic N) is 2. The van der Waals surface area contributed by atoms with E-state index in [1.54, 1.807) is 54.6 Å². The van der Waals surface area contributed by atoms with E-state index in [1.165, 1.54) is 11.6 Å². The molecule has 3 rings (SSSR count). The molecule has 0 spiro atoms. The van der Waals surface area contributed by atoms with Gasteiger partial charge in [0.15, 0.2) is 0 Å². The van der Waals surface area contributed by atoms with Crippen LogP contribution in [-0.4, -0.2) is 20.9 Å². The van der Waals surface area contributed by atoms with E-state index in [4.69, 9.17) is 16.3 Å². The average molecular weight is 329 g/mol. The molecular formula is C17H13ClN2O3. The molecule has 6 heteroatoms. The third-order valence-corrected chi connectivity index (χ3v) is 3.43. The van der Waals surface area contributed by atoms with Crippen LogP contribution in [0.3, 0.4) is 0 Å². The van der Waals surface area contributed by atoms with E-state index in [9.17, 15) is 9.90 Å². The highest BCUT2D eigenvalue weighted by atomic mass is 35.5. The lowest BCUT2D eigenvalue weighted by Crippen LogP contribution is -2.07. The first-order valence-corrected chi connectivity index (χ1v) is 7.25. The van der Waals surface area contributed by atoms with Crippen LogP contribution in [0.5, 0.6) is 11.6 Å². The van der Waals surface area contributed by atoms with Gasteiger partial charge in [0.25, 0.3) is 0 Å². The standard InChI is InChI=1S/C17H13ClN2O3/c1-11(21)23-17-10-15(14-4-2-3-5-16(14)22)19-20(17)13-8-6-12(18)7-9-13/h2-10,22H,1H3. The fraction of sp³-hybridized carbons (Fsp3) is 0.0588. The molecule has 0 aliphatic carbocycles. The molecule has 1 heterocycles. The normalized spacial score (nSPS) is 10.5. The van der Waals surface area contributed by atoms with Crippen LogP contribution < -0.4 is 4.74 Å². The molecule has 0 fully saturated rings. The number of rotatable bonds is 3. The Morgan fingerprint density at radius 3 is 2.52 bits per heavy atom. The summed E-state index contributed by atoms with van der Waals surface area (Å²) < 4.78 is 6.70. The number of halogens is 1. The van der Waals surface area contributed by atoms with Crippen molar-refractivity contribution in [1.29, 1.82) is 0 Å². The Bertz CT molecular complexity index is 857. The molecule has 0 aliphatic heterocycles. The van der Waals surface area contributed by atoms with Crippen LogP contribution in [0.2, 0.25) is 5.02 Å². The molecule has 0 saturated carbocycles. The summed E-state index contributed by atoms with van der Waals surface area (Å²) in [7, 11) is 0. The number of carbonyl (C=O) groups excluding carboxylic acids is 1. The van der Waals surface area contributed by atoms with Crippen LogP contribution in [0.15, 0.2) is 54.6 Å². The molecule has 23 heavy (non-hydrogen) atoms. The van der Waals surface area contributed by atoms with Gasteiger partial charge in [-0.2, -0.15) is 5.10 Å². The largest absolute Gasteiger partial charge is 0.507 e. The maximum absolute atomic E-state index is 11.3. The summed E-state index contributed by atoms with van der Waals surface area (Å²) in [6.07, 6.45) is 0. The fourth-order valence-corrected chi connectivity index (χ4v) is 2.30. The Labute approximate surface area is 137 Å². The van der Waals surface area contributed by atoms with Crippen molar-refractivity contribution in [3.8, 4) is 28.6 Å². The Kier molecular flexibility index (Phi) is 4.04. The highest BCUT2D eigenvalue weighted by Crippen LogP contribution is 2.31. The van der Waals surface area contributed by atoms with Gasteiger partial charge in [-0.1, -0.05) is 23.7 Å². The molecule has 0 amide bonds. The zero-order chi connectivity index (χ0) is 16.4. The summed E-state index contributed by atoms with van der Waals surface area (Å²) in [6, 6.07) is 15.4. The molecule has 3 aromatic rings. The lowest BCUT2D eigenvalue weighted by Gasteiger charge is -2.06. The SMILES string of the molecule is CC(=O)Oc1cc(-c2ccccc2O)nn1-c1ccc(Cl)cc1. The minimum atomic E-state index is -0.455. The van der Waals surface area contributed by atoms with E-state index in [-0.39, 0.29) is 11.6 Å². The van der Waals surface area contributed by atoms with Gasteiger partial charge < -0.3 is 9.84 Å². The zero-order valence-corrected chi connectivity index (χ0v) is 13.0. The minimum Gasteiger partial charge on any atom is -0.507 e. The van der Waals surface area contributed by atoms with Gasteiger partial charge in [0, 0.05) is 23.6 Å². The van der Waals surface area contributed by atoms with Crippen molar-refractivity contribution in [2.45, 2.75) is 6.92 Å². The average Bonchev–Trinajstić information content (AvgIpc) is 2.91. The van der Waals surface area contributed by atoms with Gasteiger partial charge in [0.05, 0.1) is 5.69 Å². The van der Waals surface area contributed by atoms with Crippen molar-refractivity contribution in [3.63, 3.8) is 0 Å². The maximum atomic E-state index is 11.3. The Morgan fingerprint density at radius 2 is 1.87 bits per heavy atom. The number of ether oxygens (including phenoxy) is 1. The van der Waals surface area contributed by atoms with Crippen LogP contribution >= 0.6 is 11.6 Å². The van der Waals surface area contributed by atoms with E-state index in [1.807, 2.05) is 0 Å². The number of phenolic OH excluding ortho intramolecular Hbond substituents is 1. The Morgan fingerprint density at radius 1 is 1.17 bits per heavy atom. The van der Waals surface area contributed by atoms with Crippen molar-refractivity contribution in [2.24, 2.45) is 0 Å². The van der Waals surface area contributed by atoms with E-state index in [0.717, 1.165) is 0 Å². The van der Waals surface area contributed by atoms with Crippen LogP contribution in [-0.2, 0) is 4.79 Å². The smallest absolute Gasteiger partial charge is 0.309 e. The van der Waals surface area contributed by atoms with Gasteiger partial charge in [-0.25, -0.2) is 4.68 Å². The van der Waals surface area contributed by atoms with Crippen LogP contribution in [0, 0.1) is 0 Å². The number of hydrogen-bond donors (Lipinski definition) is 1. The predicted octanol–water partition coefficient (Wildman–Crippen LogP) is 3.82. The van der Waals surface area contributed by atoms with Gasteiger partial charge in [-0.05, 0) is 36.4 Å². The van der Waals surface area contributed by atoms with Crippen LogP contribution in [0.4, 0.5) is 0 Å². The first kappa shape index (κ1) is 15.1. The molecular weight excluding hydrogens is 316 g/mol. The molecule has 0 radical (unpaired) electrons. The quantitative estimate of drug-likeness (QED) is 0.742. The molecule has 0 unspecified atom stereocenters. The summed E-state index contributed by atoms with van der Waals surface area (Å²) in [5, 5.41) is 15.0. The highest BCUT2D eigenvalue weighted by Gasteiger charge is 2.16. The van der Waals surface area contributed by atoms with Gasteiger partial charge in [-0.15, -0.1) is 0 Å². The van der Waals surface area contributed by atoms with Crippen LogP contribution in [0.1, 0.15) is 6.92 Å². The molecule has 0 aliphatic rings. The van der Waals surface area contributed by atoms with E-state index >= 15 is 0 Å². The van der Waals surface area contributed by atoms with Crippen molar-refractivity contribution in [3.05, 3.63) is 59.6 Å². The molecule has 0 saturated heterocycles. The lowest BCUT2D eigenvalue weighted by molar-refractivity contribution is -0.132. The third kappa shape index (κ3) is 3.19. The van der Waals surface area contributed by atoms with Crippen LogP contribution in [0.25, 0.3) is 16.9 Å². The molecule has 5 nitrogen and oxygen atoms in total. The third-order valence-electron chi connectivity index (χ3n) is 3.18. The number of hydrogen-bond acceptors (Lipinski definition) is 4. The van der Waals surface area contributed by atoms with E-state index < -0.39 is 5.97 Å². The molecule has 2 aromatic carbocycles. The fourth-order valence-electron chi connectivity index (χ4n) is 2.17. The van der Waals surface area contributed by atoms with Gasteiger partial charge in [0.2, 0.25) is 5.88 Å². The number of para-hydroxylation sites is 1. The number of phenols is 1. The maximum Gasteiger partial charge on any atom is 0.309 e. The van der Waals surface area contributed by atoms with Crippen molar-refractivity contribution in [2.75, 3.05) is 0 Å². The number of aromatic hydroxyl groups is 1. The number of benzene rings is 2. The molecule has 1 aromatic heterocycles. The first-order valence-electron chi connectivity index (χ1n) is 6.87. The van der Waals surface area contributed by atoms with Gasteiger partial charge in [0.1, 0.15) is 11.4 Å². The van der Waals surface area contributed by atoms with Crippen molar-refractivity contribution >= 4 is 17.6 Å². The summed E-state index contributed by atoms with van der Waals surface area (Å²) in [5.41, 5.74) is 1.73. The monoisotopic (exact) mass is 328 g/mol. The van der Waals surface area contributed by atoms with E-state index in [0.29, 0.717) is 22.0 Å². The predicted molar refractivity (Wildman–Crippen MR) is 87.0 cm³/mol. The van der Waals surface area contributed by atoms with Gasteiger partial charge >= 0.3 is 5.97 Å². The second-order valence-corrected chi connectivity index (χ2v) is 5.30. The van der Waals surface area contributed by atoms with E-state index in [2.05, 4.69) is 5.10 Å². The van der Waals surface area contributed by atoms with Crippen molar-refractivity contribution in [1.82, 2.24) is 9.78 Å². The first-order chi connectivity index (χ1) is 11.0. The van der Waals surface area contributed by atoms with Gasteiger partial charge in [-0.3, -0.25) is 4.79 Å². The second kappa shape index (κ2) is 6.14. The summed E-state index contributed by atoms with van der Waals surface area (Å²) >= 11 is 5.90. The molecule has 1 N–H and O–H groups in total. The molecule has 116 valence electrons.